The minimum atomic E-state index is -0.110. The molecule has 21 heavy (non-hydrogen) atoms. The summed E-state index contributed by atoms with van der Waals surface area (Å²) >= 11 is 1.89. The number of nitrogens with zero attached hydrogens (tertiary/aromatic N) is 1. The van der Waals surface area contributed by atoms with Crippen molar-refractivity contribution in [1.82, 2.24) is 10.2 Å². The Kier molecular flexibility index (Phi) is 8.97. The van der Waals surface area contributed by atoms with Gasteiger partial charge in [-0.05, 0) is 58.0 Å². The van der Waals surface area contributed by atoms with Crippen LogP contribution in [0.1, 0.15) is 38.3 Å². The van der Waals surface area contributed by atoms with Gasteiger partial charge in [-0.1, -0.05) is 25.1 Å². The summed E-state index contributed by atoms with van der Waals surface area (Å²) in [5.74, 6) is 1.08. The number of rotatable bonds is 10. The summed E-state index contributed by atoms with van der Waals surface area (Å²) in [6.07, 6.45) is 4.27. The molecule has 0 heterocycles. The first-order chi connectivity index (χ1) is 10.1. The molecule has 0 aliphatic rings. The van der Waals surface area contributed by atoms with Crippen molar-refractivity contribution < 1.29 is 4.39 Å². The molecule has 0 bridgehead atoms. The highest BCUT2D eigenvalue weighted by Crippen LogP contribution is 2.20. The summed E-state index contributed by atoms with van der Waals surface area (Å²) < 4.78 is 14.0. The van der Waals surface area contributed by atoms with Crippen LogP contribution in [0.4, 0.5) is 4.39 Å². The van der Waals surface area contributed by atoms with E-state index >= 15 is 0 Å². The van der Waals surface area contributed by atoms with Gasteiger partial charge in [-0.15, -0.1) is 0 Å². The Morgan fingerprint density at radius 1 is 1.29 bits per heavy atom. The molecular formula is C17H29FN2S. The highest BCUT2D eigenvalue weighted by molar-refractivity contribution is 7.98. The molecule has 2 nitrogen and oxygen atoms in total. The normalized spacial score (nSPS) is 14.4. The van der Waals surface area contributed by atoms with E-state index in [1.54, 1.807) is 12.1 Å². The van der Waals surface area contributed by atoms with Crippen LogP contribution in [-0.4, -0.2) is 43.1 Å². The number of thioether (sulfide) groups is 1. The van der Waals surface area contributed by atoms with E-state index in [0.717, 1.165) is 25.1 Å². The maximum Gasteiger partial charge on any atom is 0.127 e. The van der Waals surface area contributed by atoms with E-state index in [9.17, 15) is 4.39 Å². The number of nitrogens with one attached hydrogen (secondary N) is 1. The Balaban J connectivity index is 2.57. The summed E-state index contributed by atoms with van der Waals surface area (Å²) in [7, 11) is 2.16. The van der Waals surface area contributed by atoms with Crippen molar-refractivity contribution in [1.29, 1.82) is 0 Å². The van der Waals surface area contributed by atoms with Crippen molar-refractivity contribution in [2.75, 3.05) is 32.1 Å². The van der Waals surface area contributed by atoms with Crippen molar-refractivity contribution in [3.63, 3.8) is 0 Å². The molecule has 0 saturated carbocycles. The second-order valence-electron chi connectivity index (χ2n) is 5.53. The Bertz CT molecular complexity index is 400. The summed E-state index contributed by atoms with van der Waals surface area (Å²) in [4.78, 5) is 2.38. The molecule has 2 atom stereocenters. The van der Waals surface area contributed by atoms with E-state index in [4.69, 9.17) is 0 Å². The van der Waals surface area contributed by atoms with E-state index in [-0.39, 0.29) is 11.9 Å². The van der Waals surface area contributed by atoms with E-state index in [2.05, 4.69) is 37.4 Å². The lowest BCUT2D eigenvalue weighted by Gasteiger charge is -2.27. The van der Waals surface area contributed by atoms with Gasteiger partial charge >= 0.3 is 0 Å². The Morgan fingerprint density at radius 2 is 2.00 bits per heavy atom. The molecule has 0 fully saturated rings. The predicted molar refractivity (Wildman–Crippen MR) is 92.5 cm³/mol. The first-order valence-electron chi connectivity index (χ1n) is 7.77. The van der Waals surface area contributed by atoms with Crippen LogP contribution >= 0.6 is 11.8 Å². The first-order valence-corrected chi connectivity index (χ1v) is 9.16. The van der Waals surface area contributed by atoms with Crippen molar-refractivity contribution in [2.24, 2.45) is 0 Å². The average molecular weight is 312 g/mol. The van der Waals surface area contributed by atoms with E-state index in [1.807, 2.05) is 23.9 Å². The van der Waals surface area contributed by atoms with E-state index in [0.29, 0.717) is 6.04 Å². The lowest BCUT2D eigenvalue weighted by Crippen LogP contribution is -2.33. The van der Waals surface area contributed by atoms with E-state index < -0.39 is 0 Å². The SMILES string of the molecule is CCNC(CCN(C)C(C)CCSC)c1ccccc1F. The molecule has 0 saturated heterocycles. The van der Waals surface area contributed by atoms with Crippen LogP contribution in [0.15, 0.2) is 24.3 Å². The molecule has 1 aromatic rings. The van der Waals surface area contributed by atoms with Gasteiger partial charge in [0.05, 0.1) is 0 Å². The zero-order valence-corrected chi connectivity index (χ0v) is 14.5. The van der Waals surface area contributed by atoms with Crippen LogP contribution in [0, 0.1) is 5.82 Å². The molecule has 0 spiro atoms. The number of hydrogen-bond donors (Lipinski definition) is 1. The lowest BCUT2D eigenvalue weighted by molar-refractivity contribution is 0.238. The third-order valence-electron chi connectivity index (χ3n) is 3.99. The number of hydrogen-bond acceptors (Lipinski definition) is 3. The number of halogens is 1. The Hall–Kier alpha value is -0.580. The van der Waals surface area contributed by atoms with Gasteiger partial charge in [0, 0.05) is 17.6 Å². The molecule has 0 amide bonds. The Labute approximate surface area is 133 Å². The van der Waals surface area contributed by atoms with Gasteiger partial charge in [-0.2, -0.15) is 11.8 Å². The van der Waals surface area contributed by atoms with Crippen molar-refractivity contribution >= 4 is 11.8 Å². The minimum absolute atomic E-state index is 0.0893. The average Bonchev–Trinajstić information content (AvgIpc) is 2.49. The van der Waals surface area contributed by atoms with Crippen LogP contribution in [0.25, 0.3) is 0 Å². The molecule has 1 aromatic carbocycles. The largest absolute Gasteiger partial charge is 0.310 e. The second kappa shape index (κ2) is 10.2. The van der Waals surface area contributed by atoms with Crippen LogP contribution in [0.3, 0.4) is 0 Å². The van der Waals surface area contributed by atoms with Crippen molar-refractivity contribution in [3.05, 3.63) is 35.6 Å². The van der Waals surface area contributed by atoms with Gasteiger partial charge in [0.2, 0.25) is 0 Å². The standard InChI is InChI=1S/C17H29FN2S/c1-5-19-17(15-8-6-7-9-16(15)18)10-12-20(3)14(2)11-13-21-4/h6-9,14,17,19H,5,10-13H2,1-4H3. The molecule has 120 valence electrons. The van der Waals surface area contributed by atoms with Crippen LogP contribution in [0.5, 0.6) is 0 Å². The summed E-state index contributed by atoms with van der Waals surface area (Å²) in [5, 5.41) is 3.41. The topological polar surface area (TPSA) is 15.3 Å². The maximum absolute atomic E-state index is 14.0. The Morgan fingerprint density at radius 3 is 2.62 bits per heavy atom. The third kappa shape index (κ3) is 6.37. The number of benzene rings is 1. The molecule has 4 heteroatoms. The highest BCUT2D eigenvalue weighted by atomic mass is 32.2. The zero-order chi connectivity index (χ0) is 15.7. The van der Waals surface area contributed by atoms with Crippen LogP contribution in [-0.2, 0) is 0 Å². The first kappa shape index (κ1) is 18.5. The molecule has 2 unspecified atom stereocenters. The summed E-state index contributed by atoms with van der Waals surface area (Å²) in [6.45, 7) is 6.16. The quantitative estimate of drug-likeness (QED) is 0.704. The van der Waals surface area contributed by atoms with Crippen molar-refractivity contribution in [3.8, 4) is 0 Å². The second-order valence-corrected chi connectivity index (χ2v) is 6.52. The molecule has 1 N–H and O–H groups in total. The lowest BCUT2D eigenvalue weighted by atomic mass is 10.0. The minimum Gasteiger partial charge on any atom is -0.310 e. The van der Waals surface area contributed by atoms with E-state index in [1.165, 1.54) is 12.2 Å². The fourth-order valence-electron chi connectivity index (χ4n) is 2.43. The third-order valence-corrected chi connectivity index (χ3v) is 4.64. The summed E-state index contributed by atoms with van der Waals surface area (Å²) in [6, 6.07) is 7.75. The molecule has 1 rings (SSSR count). The maximum atomic E-state index is 14.0. The smallest absolute Gasteiger partial charge is 0.127 e. The van der Waals surface area contributed by atoms with Gasteiger partial charge in [-0.25, -0.2) is 4.39 Å². The fourth-order valence-corrected chi connectivity index (χ4v) is 3.01. The molecular weight excluding hydrogens is 283 g/mol. The molecule has 0 radical (unpaired) electrons. The predicted octanol–water partition coefficient (Wildman–Crippen LogP) is 3.94. The van der Waals surface area contributed by atoms with Crippen molar-refractivity contribution in [2.45, 2.75) is 38.8 Å². The van der Waals surface area contributed by atoms with Gasteiger partial charge in [-0.3, -0.25) is 0 Å². The highest BCUT2D eigenvalue weighted by Gasteiger charge is 2.16. The molecule has 0 aliphatic heterocycles. The van der Waals surface area contributed by atoms with Crippen LogP contribution in [0.2, 0.25) is 0 Å². The fraction of sp³-hybridized carbons (Fsp3) is 0.647. The van der Waals surface area contributed by atoms with Gasteiger partial charge in [0.15, 0.2) is 0 Å². The van der Waals surface area contributed by atoms with Gasteiger partial charge in [0.1, 0.15) is 5.82 Å². The zero-order valence-electron chi connectivity index (χ0n) is 13.7. The monoisotopic (exact) mass is 312 g/mol. The van der Waals surface area contributed by atoms with Gasteiger partial charge in [0.25, 0.3) is 0 Å². The van der Waals surface area contributed by atoms with Crippen LogP contribution < -0.4 is 5.32 Å². The summed E-state index contributed by atoms with van der Waals surface area (Å²) in [5.41, 5.74) is 0.782. The van der Waals surface area contributed by atoms with Gasteiger partial charge < -0.3 is 10.2 Å². The molecule has 0 aliphatic carbocycles. The molecule has 0 aromatic heterocycles.